The molecule has 0 unspecified atom stereocenters. The molecule has 0 bridgehead atoms. The van der Waals surface area contributed by atoms with Gasteiger partial charge in [0, 0.05) is 33.4 Å². The van der Waals surface area contributed by atoms with E-state index in [9.17, 15) is 9.59 Å². The average Bonchev–Trinajstić information content (AvgIpc) is 2.36. The molecule has 0 aromatic carbocycles. The van der Waals surface area contributed by atoms with Crippen molar-refractivity contribution in [1.29, 1.82) is 0 Å². The largest absolute Gasteiger partial charge is 0.385 e. The minimum absolute atomic E-state index is 0.0209. The van der Waals surface area contributed by atoms with Crippen molar-refractivity contribution in [2.75, 3.05) is 33.4 Å². The van der Waals surface area contributed by atoms with Gasteiger partial charge < -0.3 is 15.0 Å². The molecule has 0 aromatic rings. The van der Waals surface area contributed by atoms with Gasteiger partial charge in [0.1, 0.15) is 6.42 Å². The molecule has 0 spiro atoms. The minimum atomic E-state index is -0.184. The first kappa shape index (κ1) is 14.0. The van der Waals surface area contributed by atoms with Crippen molar-refractivity contribution in [2.24, 2.45) is 0 Å². The Balaban J connectivity index is 2.14. The maximum atomic E-state index is 11.7. The summed E-state index contributed by atoms with van der Waals surface area (Å²) in [6.07, 6.45) is 4.06. The molecule has 0 aromatic heterocycles. The molecule has 1 rings (SSSR count). The SMILES string of the molecule is COCCCNC(=O)CC(=O)N1CCCCC1. The number of carbonyl (C=O) groups excluding carboxylic acids is 2. The normalized spacial score (nSPS) is 15.7. The topological polar surface area (TPSA) is 58.6 Å². The Morgan fingerprint density at radius 3 is 2.59 bits per heavy atom. The summed E-state index contributed by atoms with van der Waals surface area (Å²) in [6, 6.07) is 0. The smallest absolute Gasteiger partial charge is 0.232 e. The molecule has 2 amide bonds. The molecule has 5 heteroatoms. The van der Waals surface area contributed by atoms with Crippen molar-refractivity contribution < 1.29 is 14.3 Å². The van der Waals surface area contributed by atoms with E-state index < -0.39 is 0 Å². The minimum Gasteiger partial charge on any atom is -0.385 e. The maximum absolute atomic E-state index is 11.7. The summed E-state index contributed by atoms with van der Waals surface area (Å²) in [7, 11) is 1.63. The van der Waals surface area contributed by atoms with Gasteiger partial charge in [-0.1, -0.05) is 0 Å². The van der Waals surface area contributed by atoms with Crippen molar-refractivity contribution >= 4 is 11.8 Å². The Bertz CT molecular complexity index is 250. The molecule has 1 saturated heterocycles. The van der Waals surface area contributed by atoms with E-state index in [0.29, 0.717) is 13.2 Å². The molecule has 1 N–H and O–H groups in total. The van der Waals surface area contributed by atoms with E-state index in [-0.39, 0.29) is 18.2 Å². The first-order valence-electron chi connectivity index (χ1n) is 6.27. The molecule has 0 radical (unpaired) electrons. The zero-order valence-corrected chi connectivity index (χ0v) is 10.5. The van der Waals surface area contributed by atoms with Crippen LogP contribution in [0.25, 0.3) is 0 Å². The maximum Gasteiger partial charge on any atom is 0.232 e. The van der Waals surface area contributed by atoms with E-state index in [2.05, 4.69) is 5.32 Å². The first-order chi connectivity index (χ1) is 8.24. The number of methoxy groups -OCH3 is 1. The fraction of sp³-hybridized carbons (Fsp3) is 0.833. The van der Waals surface area contributed by atoms with Crippen LogP contribution in [-0.4, -0.2) is 50.1 Å². The lowest BCUT2D eigenvalue weighted by Crippen LogP contribution is -2.39. The molecule has 0 aliphatic carbocycles. The molecular weight excluding hydrogens is 220 g/mol. The summed E-state index contributed by atoms with van der Waals surface area (Å²) in [5.41, 5.74) is 0. The van der Waals surface area contributed by atoms with Crippen LogP contribution < -0.4 is 5.32 Å². The van der Waals surface area contributed by atoms with Crippen LogP contribution >= 0.6 is 0 Å². The highest BCUT2D eigenvalue weighted by Crippen LogP contribution is 2.09. The predicted octanol–water partition coefficient (Wildman–Crippen LogP) is 0.542. The van der Waals surface area contributed by atoms with E-state index in [1.165, 1.54) is 6.42 Å². The first-order valence-corrected chi connectivity index (χ1v) is 6.27. The third-order valence-corrected chi connectivity index (χ3v) is 2.87. The molecule has 1 aliphatic heterocycles. The fourth-order valence-corrected chi connectivity index (χ4v) is 1.90. The van der Waals surface area contributed by atoms with Gasteiger partial charge >= 0.3 is 0 Å². The van der Waals surface area contributed by atoms with Crippen LogP contribution in [0.1, 0.15) is 32.1 Å². The van der Waals surface area contributed by atoms with Gasteiger partial charge in [-0.15, -0.1) is 0 Å². The van der Waals surface area contributed by atoms with Gasteiger partial charge in [0.2, 0.25) is 11.8 Å². The van der Waals surface area contributed by atoms with Crippen LogP contribution in [-0.2, 0) is 14.3 Å². The number of rotatable bonds is 6. The molecule has 0 saturated carbocycles. The summed E-state index contributed by atoms with van der Waals surface area (Å²) < 4.78 is 4.87. The molecule has 17 heavy (non-hydrogen) atoms. The highest BCUT2D eigenvalue weighted by molar-refractivity contribution is 5.96. The monoisotopic (exact) mass is 242 g/mol. The summed E-state index contributed by atoms with van der Waals surface area (Å²) in [5, 5.41) is 2.72. The standard InChI is InChI=1S/C12H22N2O3/c1-17-9-5-6-13-11(15)10-12(16)14-7-3-2-4-8-14/h2-10H2,1H3,(H,13,15). The zero-order chi connectivity index (χ0) is 12.5. The van der Waals surface area contributed by atoms with Crippen molar-refractivity contribution in [3.63, 3.8) is 0 Å². The Hall–Kier alpha value is -1.10. The Labute approximate surface area is 102 Å². The summed E-state index contributed by atoms with van der Waals surface area (Å²) in [5.74, 6) is -0.231. The van der Waals surface area contributed by atoms with E-state index in [0.717, 1.165) is 32.4 Å². The van der Waals surface area contributed by atoms with Crippen molar-refractivity contribution in [2.45, 2.75) is 32.1 Å². The third-order valence-electron chi connectivity index (χ3n) is 2.87. The fourth-order valence-electron chi connectivity index (χ4n) is 1.90. The van der Waals surface area contributed by atoms with Gasteiger partial charge in [-0.25, -0.2) is 0 Å². The second-order valence-electron chi connectivity index (χ2n) is 4.31. The van der Waals surface area contributed by atoms with Crippen molar-refractivity contribution in [3.8, 4) is 0 Å². The van der Waals surface area contributed by atoms with Crippen LogP contribution in [0, 0.1) is 0 Å². The highest BCUT2D eigenvalue weighted by atomic mass is 16.5. The van der Waals surface area contributed by atoms with E-state index >= 15 is 0 Å². The van der Waals surface area contributed by atoms with Crippen LogP contribution in [0.5, 0.6) is 0 Å². The van der Waals surface area contributed by atoms with Crippen LogP contribution in [0.15, 0.2) is 0 Å². The molecule has 5 nitrogen and oxygen atoms in total. The number of nitrogens with zero attached hydrogens (tertiary/aromatic N) is 1. The zero-order valence-electron chi connectivity index (χ0n) is 10.5. The van der Waals surface area contributed by atoms with E-state index in [1.807, 2.05) is 0 Å². The lowest BCUT2D eigenvalue weighted by molar-refractivity contribution is -0.136. The van der Waals surface area contributed by atoms with E-state index in [1.54, 1.807) is 12.0 Å². The number of ether oxygens (including phenoxy) is 1. The molecule has 1 fully saturated rings. The molecule has 1 heterocycles. The molecule has 0 atom stereocenters. The Kier molecular flexibility index (Phi) is 6.62. The third kappa shape index (κ3) is 5.68. The quantitative estimate of drug-likeness (QED) is 0.546. The van der Waals surface area contributed by atoms with Crippen molar-refractivity contribution in [1.82, 2.24) is 10.2 Å². The van der Waals surface area contributed by atoms with E-state index in [4.69, 9.17) is 4.74 Å². The van der Waals surface area contributed by atoms with Gasteiger partial charge in [-0.3, -0.25) is 9.59 Å². The van der Waals surface area contributed by atoms with Crippen LogP contribution in [0.4, 0.5) is 0 Å². The van der Waals surface area contributed by atoms with Crippen molar-refractivity contribution in [3.05, 3.63) is 0 Å². The number of piperidine rings is 1. The van der Waals surface area contributed by atoms with Gasteiger partial charge in [-0.2, -0.15) is 0 Å². The molecule has 1 aliphatic rings. The van der Waals surface area contributed by atoms with Gasteiger partial charge in [0.05, 0.1) is 0 Å². The number of amides is 2. The lowest BCUT2D eigenvalue weighted by Gasteiger charge is -2.26. The molecular formula is C12H22N2O3. The second-order valence-corrected chi connectivity index (χ2v) is 4.31. The highest BCUT2D eigenvalue weighted by Gasteiger charge is 2.18. The lowest BCUT2D eigenvalue weighted by atomic mass is 10.1. The number of likely N-dealkylation sites (tertiary alicyclic amines) is 1. The second kappa shape index (κ2) is 8.06. The Morgan fingerprint density at radius 1 is 1.24 bits per heavy atom. The van der Waals surface area contributed by atoms with Crippen LogP contribution in [0.3, 0.4) is 0 Å². The summed E-state index contributed by atoms with van der Waals surface area (Å²) in [6.45, 7) is 2.80. The number of carbonyl (C=O) groups is 2. The van der Waals surface area contributed by atoms with Gasteiger partial charge in [0.25, 0.3) is 0 Å². The number of hydrogen-bond acceptors (Lipinski definition) is 3. The average molecular weight is 242 g/mol. The Morgan fingerprint density at radius 2 is 1.94 bits per heavy atom. The number of nitrogens with one attached hydrogen (secondary N) is 1. The van der Waals surface area contributed by atoms with Gasteiger partial charge in [0.15, 0.2) is 0 Å². The van der Waals surface area contributed by atoms with Crippen LogP contribution in [0.2, 0.25) is 0 Å². The predicted molar refractivity (Wildman–Crippen MR) is 64.6 cm³/mol. The van der Waals surface area contributed by atoms with Gasteiger partial charge in [-0.05, 0) is 25.7 Å². The number of hydrogen-bond donors (Lipinski definition) is 1. The summed E-state index contributed by atoms with van der Waals surface area (Å²) >= 11 is 0. The molecule has 98 valence electrons. The summed E-state index contributed by atoms with van der Waals surface area (Å²) in [4.78, 5) is 25.0.